The summed E-state index contributed by atoms with van der Waals surface area (Å²) >= 11 is 0. The maximum atomic E-state index is 12.8. The van der Waals surface area contributed by atoms with Crippen molar-refractivity contribution in [2.24, 2.45) is 5.92 Å². The van der Waals surface area contributed by atoms with Gasteiger partial charge in [-0.1, -0.05) is 12.1 Å². The molecule has 0 atom stereocenters. The van der Waals surface area contributed by atoms with Crippen molar-refractivity contribution in [2.45, 2.75) is 51.2 Å². The van der Waals surface area contributed by atoms with Gasteiger partial charge in [-0.3, -0.25) is 9.59 Å². The third-order valence-electron chi connectivity index (χ3n) is 5.71. The first-order valence-corrected chi connectivity index (χ1v) is 9.88. The van der Waals surface area contributed by atoms with E-state index in [4.69, 9.17) is 4.74 Å². The molecule has 2 amide bonds. The summed E-state index contributed by atoms with van der Waals surface area (Å²) in [6, 6.07) is 9.34. The van der Waals surface area contributed by atoms with Crippen LogP contribution in [0.2, 0.25) is 0 Å². The van der Waals surface area contributed by atoms with Gasteiger partial charge in [0.05, 0.1) is 18.3 Å². The molecule has 1 aliphatic carbocycles. The predicted octanol–water partition coefficient (Wildman–Crippen LogP) is 3.15. The predicted molar refractivity (Wildman–Crippen MR) is 105 cm³/mol. The van der Waals surface area contributed by atoms with Crippen molar-refractivity contribution in [3.8, 4) is 5.75 Å². The summed E-state index contributed by atoms with van der Waals surface area (Å²) in [7, 11) is 0. The Morgan fingerprint density at radius 2 is 2.04 bits per heavy atom. The summed E-state index contributed by atoms with van der Waals surface area (Å²) in [4.78, 5) is 25.1. The Bertz CT molecular complexity index is 881. The molecule has 1 fully saturated rings. The number of nitrogens with zero attached hydrogens (tertiary/aromatic N) is 2. The van der Waals surface area contributed by atoms with Crippen molar-refractivity contribution in [3.63, 3.8) is 0 Å². The van der Waals surface area contributed by atoms with Gasteiger partial charge in [0, 0.05) is 18.0 Å². The summed E-state index contributed by atoms with van der Waals surface area (Å²) in [5.74, 6) is 1.21. The monoisotopic (exact) mass is 382 g/mol. The molecule has 7 nitrogen and oxygen atoms in total. The number of carbonyl (C=O) groups is 2. The number of ether oxygens (including phenoxy) is 1. The largest absolute Gasteiger partial charge is 0.485 e. The van der Waals surface area contributed by atoms with Gasteiger partial charge in [-0.15, -0.1) is 0 Å². The fraction of sp³-hybridized carbons (Fsp3) is 0.476. The van der Waals surface area contributed by atoms with E-state index in [1.54, 1.807) is 12.3 Å². The summed E-state index contributed by atoms with van der Waals surface area (Å²) in [5.41, 5.74) is 0.125. The molecule has 0 bridgehead atoms. The minimum atomic E-state index is -0.446. The third kappa shape index (κ3) is 3.48. The average molecular weight is 382 g/mol. The molecule has 148 valence electrons. The van der Waals surface area contributed by atoms with E-state index in [2.05, 4.69) is 15.7 Å². The standard InChI is InChI=1S/C21H26N4O3/c1-14(2)25-18(9-12-23-25)24-19(26)15-7-10-21(11-8-15)13-22-20(27)16-5-3-4-6-17(16)28-21/h3-6,9,12,14-15H,7-8,10-11,13H2,1-2H3,(H,22,27)(H,24,26). The zero-order valence-electron chi connectivity index (χ0n) is 16.3. The highest BCUT2D eigenvalue weighted by Crippen LogP contribution is 2.38. The minimum absolute atomic E-state index is 0.0234. The quantitative estimate of drug-likeness (QED) is 0.854. The lowest BCUT2D eigenvalue weighted by atomic mass is 9.78. The maximum Gasteiger partial charge on any atom is 0.255 e. The molecule has 1 saturated carbocycles. The van der Waals surface area contributed by atoms with E-state index in [-0.39, 0.29) is 23.8 Å². The Morgan fingerprint density at radius 1 is 1.29 bits per heavy atom. The van der Waals surface area contributed by atoms with Gasteiger partial charge in [0.25, 0.3) is 5.91 Å². The fourth-order valence-corrected chi connectivity index (χ4v) is 4.09. The topological polar surface area (TPSA) is 85.3 Å². The number of nitrogens with one attached hydrogen (secondary N) is 2. The highest BCUT2D eigenvalue weighted by atomic mass is 16.5. The summed E-state index contributed by atoms with van der Waals surface area (Å²) < 4.78 is 8.12. The van der Waals surface area contributed by atoms with E-state index < -0.39 is 5.60 Å². The van der Waals surface area contributed by atoms with Crippen LogP contribution in [0.1, 0.15) is 55.9 Å². The van der Waals surface area contributed by atoms with Crippen molar-refractivity contribution in [1.29, 1.82) is 0 Å². The Kier molecular flexibility index (Phi) is 4.83. The van der Waals surface area contributed by atoms with Crippen LogP contribution in [0.25, 0.3) is 0 Å². The van der Waals surface area contributed by atoms with Crippen molar-refractivity contribution in [2.75, 3.05) is 11.9 Å². The second-order valence-corrected chi connectivity index (χ2v) is 7.98. The number of hydrogen-bond acceptors (Lipinski definition) is 4. The number of hydrogen-bond donors (Lipinski definition) is 2. The van der Waals surface area contributed by atoms with E-state index >= 15 is 0 Å². The van der Waals surface area contributed by atoms with Crippen LogP contribution in [0, 0.1) is 5.92 Å². The van der Waals surface area contributed by atoms with Gasteiger partial charge in [0.2, 0.25) is 5.91 Å². The van der Waals surface area contributed by atoms with Crippen molar-refractivity contribution in [3.05, 3.63) is 42.1 Å². The van der Waals surface area contributed by atoms with Gasteiger partial charge in [-0.05, 0) is 51.7 Å². The lowest BCUT2D eigenvalue weighted by molar-refractivity contribution is -0.122. The van der Waals surface area contributed by atoms with Gasteiger partial charge in [-0.2, -0.15) is 5.10 Å². The first kappa shape index (κ1) is 18.5. The van der Waals surface area contributed by atoms with Gasteiger partial charge in [-0.25, -0.2) is 4.68 Å². The molecular weight excluding hydrogens is 356 g/mol. The molecule has 1 aromatic carbocycles. The summed E-state index contributed by atoms with van der Waals surface area (Å²) in [5, 5.41) is 10.3. The van der Waals surface area contributed by atoms with Crippen LogP contribution in [0.5, 0.6) is 5.75 Å². The molecule has 1 aromatic heterocycles. The molecule has 0 saturated heterocycles. The first-order valence-electron chi connectivity index (χ1n) is 9.88. The van der Waals surface area contributed by atoms with E-state index in [1.165, 1.54) is 0 Å². The molecule has 0 radical (unpaired) electrons. The van der Waals surface area contributed by atoms with Crippen molar-refractivity contribution >= 4 is 17.6 Å². The summed E-state index contributed by atoms with van der Waals surface area (Å²) in [6.45, 7) is 4.53. The Balaban J connectivity index is 1.42. The lowest BCUT2D eigenvalue weighted by Crippen LogP contribution is -2.49. The maximum absolute atomic E-state index is 12.8. The molecule has 4 rings (SSSR count). The van der Waals surface area contributed by atoms with E-state index in [1.807, 2.05) is 42.8 Å². The highest BCUT2D eigenvalue weighted by molar-refractivity contribution is 5.97. The molecule has 28 heavy (non-hydrogen) atoms. The molecule has 2 aromatic rings. The zero-order chi connectivity index (χ0) is 19.7. The van der Waals surface area contributed by atoms with Crippen LogP contribution in [-0.4, -0.2) is 33.7 Å². The van der Waals surface area contributed by atoms with E-state index in [0.717, 1.165) is 31.5 Å². The normalized spacial score (nSPS) is 24.2. The summed E-state index contributed by atoms with van der Waals surface area (Å²) in [6.07, 6.45) is 4.59. The Hall–Kier alpha value is -2.83. The SMILES string of the molecule is CC(C)n1nccc1NC(=O)C1CCC2(CC1)CNC(=O)c1ccccc1O2. The zero-order valence-corrected chi connectivity index (χ0v) is 16.3. The minimum Gasteiger partial charge on any atom is -0.485 e. The van der Waals surface area contributed by atoms with Crippen molar-refractivity contribution < 1.29 is 14.3 Å². The smallest absolute Gasteiger partial charge is 0.255 e. The Labute approximate surface area is 164 Å². The first-order chi connectivity index (χ1) is 13.5. The van der Waals surface area contributed by atoms with Gasteiger partial charge in [0.1, 0.15) is 17.2 Å². The lowest BCUT2D eigenvalue weighted by Gasteiger charge is -2.39. The fourth-order valence-electron chi connectivity index (χ4n) is 4.09. The Morgan fingerprint density at radius 3 is 2.79 bits per heavy atom. The third-order valence-corrected chi connectivity index (χ3v) is 5.71. The number of benzene rings is 1. The molecule has 2 aliphatic rings. The van der Waals surface area contributed by atoms with E-state index in [9.17, 15) is 9.59 Å². The molecule has 2 heterocycles. The second kappa shape index (κ2) is 7.30. The molecule has 7 heteroatoms. The number of fused-ring (bicyclic) bond motifs is 1. The number of para-hydroxylation sites is 1. The van der Waals surface area contributed by atoms with Gasteiger partial charge in [0.15, 0.2) is 0 Å². The van der Waals surface area contributed by atoms with Gasteiger partial charge < -0.3 is 15.4 Å². The molecular formula is C21H26N4O3. The second-order valence-electron chi connectivity index (χ2n) is 7.98. The van der Waals surface area contributed by atoms with Crippen LogP contribution in [-0.2, 0) is 4.79 Å². The van der Waals surface area contributed by atoms with Crippen LogP contribution >= 0.6 is 0 Å². The van der Waals surface area contributed by atoms with E-state index in [0.29, 0.717) is 17.9 Å². The van der Waals surface area contributed by atoms with Crippen LogP contribution in [0.4, 0.5) is 5.82 Å². The number of anilines is 1. The number of aromatic nitrogens is 2. The van der Waals surface area contributed by atoms with Gasteiger partial charge >= 0.3 is 0 Å². The van der Waals surface area contributed by atoms with Crippen LogP contribution in [0.3, 0.4) is 0 Å². The molecule has 1 spiro atoms. The van der Waals surface area contributed by atoms with Crippen molar-refractivity contribution in [1.82, 2.24) is 15.1 Å². The average Bonchev–Trinajstić information content (AvgIpc) is 3.10. The van der Waals surface area contributed by atoms with Crippen LogP contribution < -0.4 is 15.4 Å². The van der Waals surface area contributed by atoms with Crippen LogP contribution in [0.15, 0.2) is 36.5 Å². The highest BCUT2D eigenvalue weighted by Gasteiger charge is 2.42. The molecule has 0 unspecified atom stereocenters. The molecule has 1 aliphatic heterocycles. The number of amides is 2. The number of rotatable bonds is 3. The molecule has 2 N–H and O–H groups in total. The number of carbonyl (C=O) groups excluding carboxylic acids is 2.